The predicted molar refractivity (Wildman–Crippen MR) is 60.5 cm³/mol. The fourth-order valence-electron chi connectivity index (χ4n) is 0.901. The van der Waals surface area contributed by atoms with Gasteiger partial charge in [0.2, 0.25) is 0 Å². The molecular weight excluding hydrogens is 198 g/mol. The lowest BCUT2D eigenvalue weighted by atomic mass is 10.3. The number of nitrogens with one attached hydrogen (secondary N) is 1. The lowest BCUT2D eigenvalue weighted by Gasteiger charge is -1.98. The molecule has 0 saturated heterocycles. The van der Waals surface area contributed by atoms with Gasteiger partial charge in [-0.2, -0.15) is 0 Å². The summed E-state index contributed by atoms with van der Waals surface area (Å²) in [6, 6.07) is 1.97. The van der Waals surface area contributed by atoms with Crippen LogP contribution in [0, 0.1) is 6.92 Å². The summed E-state index contributed by atoms with van der Waals surface area (Å²) in [7, 11) is 0. The van der Waals surface area contributed by atoms with E-state index in [1.165, 1.54) is 0 Å². The van der Waals surface area contributed by atoms with E-state index in [1.807, 2.05) is 19.9 Å². The maximum atomic E-state index is 5.24. The summed E-state index contributed by atoms with van der Waals surface area (Å²) in [5, 5.41) is 0. The van der Waals surface area contributed by atoms with E-state index >= 15 is 0 Å². The fourth-order valence-corrected chi connectivity index (χ4v) is 1.16. The Morgan fingerprint density at radius 3 is 3.07 bits per heavy atom. The quantitative estimate of drug-likeness (QED) is 0.472. The molecule has 0 bridgehead atoms. The van der Waals surface area contributed by atoms with Gasteiger partial charge in [0.1, 0.15) is 11.6 Å². The normalized spacial score (nSPS) is 11.4. The third-order valence-corrected chi connectivity index (χ3v) is 2.03. The number of amidine groups is 1. The molecule has 1 aromatic rings. The molecule has 76 valence electrons. The zero-order valence-corrected chi connectivity index (χ0v) is 9.10. The van der Waals surface area contributed by atoms with Gasteiger partial charge in [0, 0.05) is 6.72 Å². The van der Waals surface area contributed by atoms with E-state index in [0.717, 1.165) is 29.3 Å². The maximum absolute atomic E-state index is 5.24. The molecule has 1 aromatic heterocycles. The molecule has 0 saturated carbocycles. The largest absolute Gasteiger partial charge is 0.467 e. The first-order chi connectivity index (χ1) is 6.72. The van der Waals surface area contributed by atoms with Crippen LogP contribution in [0.5, 0.6) is 0 Å². The first kappa shape index (κ1) is 10.8. The van der Waals surface area contributed by atoms with Crippen LogP contribution >= 0.6 is 12.1 Å². The van der Waals surface area contributed by atoms with Gasteiger partial charge < -0.3 is 4.42 Å². The van der Waals surface area contributed by atoms with Gasteiger partial charge in [-0.25, -0.2) is 4.40 Å². The molecule has 0 unspecified atom stereocenters. The van der Waals surface area contributed by atoms with E-state index in [0.29, 0.717) is 6.54 Å². The highest BCUT2D eigenvalue weighted by molar-refractivity contribution is 7.96. The lowest BCUT2D eigenvalue weighted by molar-refractivity contribution is 0.511. The van der Waals surface area contributed by atoms with Crippen LogP contribution in [-0.2, 0) is 6.54 Å². The topological polar surface area (TPSA) is 49.9 Å². The van der Waals surface area contributed by atoms with Gasteiger partial charge in [-0.1, -0.05) is 0 Å². The Hall–Kier alpha value is -1.23. The van der Waals surface area contributed by atoms with Crippen LogP contribution in [0.25, 0.3) is 0 Å². The molecule has 0 radical (unpaired) electrons. The molecule has 0 spiro atoms. The number of hydrogen-bond acceptors (Lipinski definition) is 4. The van der Waals surface area contributed by atoms with Crippen molar-refractivity contribution in [3.63, 3.8) is 0 Å². The third kappa shape index (κ3) is 3.66. The zero-order chi connectivity index (χ0) is 10.4. The van der Waals surface area contributed by atoms with Crippen molar-refractivity contribution in [2.24, 2.45) is 9.39 Å². The minimum Gasteiger partial charge on any atom is -0.467 e. The van der Waals surface area contributed by atoms with Gasteiger partial charge in [0.15, 0.2) is 0 Å². The molecule has 0 aliphatic heterocycles. The van der Waals surface area contributed by atoms with Crippen molar-refractivity contribution >= 4 is 24.7 Å². The van der Waals surface area contributed by atoms with E-state index in [2.05, 4.69) is 20.8 Å². The number of furan rings is 1. The zero-order valence-electron chi connectivity index (χ0n) is 8.28. The van der Waals surface area contributed by atoms with Crippen molar-refractivity contribution in [2.75, 3.05) is 0 Å². The maximum Gasteiger partial charge on any atom is 0.125 e. The smallest absolute Gasteiger partial charge is 0.125 e. The SMILES string of the molecule is C=NSNC(C)=NCc1cc(C)co1. The summed E-state index contributed by atoms with van der Waals surface area (Å²) in [6.07, 6.45) is 1.72. The molecule has 0 fully saturated rings. The van der Waals surface area contributed by atoms with E-state index < -0.39 is 0 Å². The Morgan fingerprint density at radius 2 is 2.50 bits per heavy atom. The van der Waals surface area contributed by atoms with Crippen molar-refractivity contribution < 1.29 is 4.42 Å². The molecule has 4 nitrogen and oxygen atoms in total. The highest BCUT2D eigenvalue weighted by Crippen LogP contribution is 2.07. The van der Waals surface area contributed by atoms with Gasteiger partial charge in [0.25, 0.3) is 0 Å². The standard InChI is InChI=1S/C9H13N3OS/c1-7-4-9(13-6-7)5-11-8(2)12-14-10-3/h4,6H,3,5H2,1-2H3,(H,11,12). The second kappa shape index (κ2) is 5.49. The Balaban J connectivity index is 2.41. The Bertz CT molecular complexity index is 333. The molecule has 0 aliphatic rings. The van der Waals surface area contributed by atoms with Gasteiger partial charge in [-0.15, -0.1) is 0 Å². The molecule has 1 rings (SSSR count). The highest BCUT2D eigenvalue weighted by Gasteiger charge is 1.96. The third-order valence-electron chi connectivity index (χ3n) is 1.51. The monoisotopic (exact) mass is 211 g/mol. The molecule has 14 heavy (non-hydrogen) atoms. The van der Waals surface area contributed by atoms with E-state index in [9.17, 15) is 0 Å². The van der Waals surface area contributed by atoms with Crippen LogP contribution in [0.3, 0.4) is 0 Å². The number of aliphatic imine (C=N–C) groups is 1. The average molecular weight is 211 g/mol. The lowest BCUT2D eigenvalue weighted by Crippen LogP contribution is -2.10. The van der Waals surface area contributed by atoms with Gasteiger partial charge >= 0.3 is 0 Å². The fraction of sp³-hybridized carbons (Fsp3) is 0.333. The number of rotatable bonds is 4. The van der Waals surface area contributed by atoms with Gasteiger partial charge in [-0.3, -0.25) is 9.71 Å². The van der Waals surface area contributed by atoms with E-state index in [-0.39, 0.29) is 0 Å². The summed E-state index contributed by atoms with van der Waals surface area (Å²) in [5.41, 5.74) is 1.11. The summed E-state index contributed by atoms with van der Waals surface area (Å²) in [4.78, 5) is 4.25. The van der Waals surface area contributed by atoms with Crippen LogP contribution in [-0.4, -0.2) is 12.6 Å². The minimum absolute atomic E-state index is 0.546. The van der Waals surface area contributed by atoms with Crippen molar-refractivity contribution in [3.8, 4) is 0 Å². The number of aryl methyl sites for hydroxylation is 1. The molecule has 5 heteroatoms. The molecule has 0 amide bonds. The predicted octanol–water partition coefficient (Wildman–Crippen LogP) is 2.36. The summed E-state index contributed by atoms with van der Waals surface area (Å²) in [6.45, 7) is 7.73. The highest BCUT2D eigenvalue weighted by atomic mass is 32.2. The van der Waals surface area contributed by atoms with Crippen LogP contribution < -0.4 is 4.72 Å². The van der Waals surface area contributed by atoms with Gasteiger partial charge in [0.05, 0.1) is 24.9 Å². The van der Waals surface area contributed by atoms with Crippen LogP contribution in [0.1, 0.15) is 18.2 Å². The van der Waals surface area contributed by atoms with Crippen molar-refractivity contribution in [1.29, 1.82) is 0 Å². The first-order valence-corrected chi connectivity index (χ1v) is 4.93. The summed E-state index contributed by atoms with van der Waals surface area (Å²) >= 11 is 1.16. The average Bonchev–Trinajstić information content (AvgIpc) is 2.58. The summed E-state index contributed by atoms with van der Waals surface area (Å²) < 4.78 is 11.7. The molecular formula is C9H13N3OS. The molecule has 0 aliphatic carbocycles. The van der Waals surface area contributed by atoms with E-state index in [1.54, 1.807) is 6.26 Å². The Kier molecular flexibility index (Phi) is 4.25. The van der Waals surface area contributed by atoms with Crippen molar-refractivity contribution in [2.45, 2.75) is 20.4 Å². The number of hydrogen-bond donors (Lipinski definition) is 1. The second-order valence-electron chi connectivity index (χ2n) is 2.81. The van der Waals surface area contributed by atoms with Gasteiger partial charge in [-0.05, 0) is 25.5 Å². The van der Waals surface area contributed by atoms with Crippen molar-refractivity contribution in [3.05, 3.63) is 23.7 Å². The number of nitrogens with zero attached hydrogens (tertiary/aromatic N) is 2. The van der Waals surface area contributed by atoms with Crippen LogP contribution in [0.4, 0.5) is 0 Å². The van der Waals surface area contributed by atoms with Crippen LogP contribution in [0.2, 0.25) is 0 Å². The molecule has 0 atom stereocenters. The summed E-state index contributed by atoms with van der Waals surface area (Å²) in [5.74, 6) is 1.66. The Morgan fingerprint density at radius 1 is 1.71 bits per heavy atom. The molecule has 1 heterocycles. The second-order valence-corrected chi connectivity index (χ2v) is 3.46. The molecule has 0 aromatic carbocycles. The first-order valence-electron chi connectivity index (χ1n) is 4.15. The van der Waals surface area contributed by atoms with Crippen molar-refractivity contribution in [1.82, 2.24) is 4.72 Å². The van der Waals surface area contributed by atoms with E-state index in [4.69, 9.17) is 4.42 Å². The molecule has 1 N–H and O–H groups in total. The van der Waals surface area contributed by atoms with Crippen LogP contribution in [0.15, 0.2) is 26.1 Å². The Labute approximate surface area is 87.8 Å². The minimum atomic E-state index is 0.546.